The predicted molar refractivity (Wildman–Crippen MR) is 68.3 cm³/mol. The predicted octanol–water partition coefficient (Wildman–Crippen LogP) is 1.30. The maximum Gasteiger partial charge on any atom is 0.503 e. The Morgan fingerprint density at radius 1 is 1.16 bits per heavy atom. The summed E-state index contributed by atoms with van der Waals surface area (Å²) in [4.78, 5) is 22.2. The smallest absolute Gasteiger partial charge is 0.450 e. The van der Waals surface area contributed by atoms with E-state index in [9.17, 15) is 4.79 Å². The van der Waals surface area contributed by atoms with Crippen LogP contribution in [0.3, 0.4) is 0 Å². The van der Waals surface area contributed by atoms with Crippen molar-refractivity contribution in [1.82, 2.24) is 10.2 Å². The number of carbonyl (C=O) groups is 2. The summed E-state index contributed by atoms with van der Waals surface area (Å²) in [6.07, 6.45) is -1.99. The van der Waals surface area contributed by atoms with Crippen molar-refractivity contribution in [3.63, 3.8) is 0 Å². The third-order valence-electron chi connectivity index (χ3n) is 3.04. The average molecular weight is 274 g/mol. The summed E-state index contributed by atoms with van der Waals surface area (Å²) in [6, 6.07) is 0. The molecule has 2 heterocycles. The van der Waals surface area contributed by atoms with E-state index >= 15 is 0 Å². The third kappa shape index (κ3) is 5.34. The molecule has 0 aliphatic carbocycles. The van der Waals surface area contributed by atoms with E-state index < -0.39 is 6.16 Å². The van der Waals surface area contributed by atoms with Crippen LogP contribution in [0.15, 0.2) is 0 Å². The van der Waals surface area contributed by atoms with E-state index in [-0.39, 0.29) is 11.7 Å². The van der Waals surface area contributed by atoms with Gasteiger partial charge in [0.25, 0.3) is 0 Å². The summed E-state index contributed by atoms with van der Waals surface area (Å²) in [5, 5.41) is 17.3. The van der Waals surface area contributed by atoms with Crippen LogP contribution in [0.1, 0.15) is 20.8 Å². The van der Waals surface area contributed by atoms with Crippen LogP contribution in [0.25, 0.3) is 0 Å². The van der Waals surface area contributed by atoms with Crippen molar-refractivity contribution in [2.75, 3.05) is 26.2 Å². The van der Waals surface area contributed by atoms with Crippen LogP contribution in [0.5, 0.6) is 0 Å². The molecule has 0 aromatic heterocycles. The van der Waals surface area contributed by atoms with Gasteiger partial charge in [0.1, 0.15) is 5.60 Å². The van der Waals surface area contributed by atoms with Gasteiger partial charge in [-0.25, -0.2) is 9.59 Å². The molecule has 0 radical (unpaired) electrons. The molecule has 2 rings (SSSR count). The number of hydrogen-bond acceptors (Lipinski definition) is 4. The van der Waals surface area contributed by atoms with Crippen molar-refractivity contribution in [2.24, 2.45) is 11.8 Å². The average Bonchev–Trinajstić information content (AvgIpc) is 2.71. The number of carboxylic acid groups (broad SMARTS) is 2. The third-order valence-corrected chi connectivity index (χ3v) is 3.04. The Labute approximate surface area is 112 Å². The van der Waals surface area contributed by atoms with Gasteiger partial charge in [0.15, 0.2) is 0 Å². The van der Waals surface area contributed by atoms with Crippen molar-refractivity contribution in [1.29, 1.82) is 0 Å². The lowest BCUT2D eigenvalue weighted by Gasteiger charge is -2.24. The van der Waals surface area contributed by atoms with Gasteiger partial charge in [-0.2, -0.15) is 0 Å². The number of fused-ring (bicyclic) bond motifs is 1. The molecule has 0 aromatic rings. The number of likely N-dealkylation sites (tertiary alicyclic amines) is 1. The minimum Gasteiger partial charge on any atom is -0.450 e. The summed E-state index contributed by atoms with van der Waals surface area (Å²) in [5.74, 6) is 1.27. The number of ether oxygens (including phenoxy) is 1. The molecule has 7 heteroatoms. The van der Waals surface area contributed by atoms with Crippen LogP contribution < -0.4 is 5.32 Å². The molecule has 2 atom stereocenters. The van der Waals surface area contributed by atoms with E-state index in [0.717, 1.165) is 26.2 Å². The molecule has 19 heavy (non-hydrogen) atoms. The Balaban J connectivity index is 0.000000399. The minimum atomic E-state index is -1.83. The van der Waals surface area contributed by atoms with Gasteiger partial charge in [-0.05, 0) is 32.6 Å². The molecule has 0 saturated carbocycles. The molecule has 0 spiro atoms. The minimum absolute atomic E-state index is 0.156. The molecule has 7 nitrogen and oxygen atoms in total. The molecule has 3 N–H and O–H groups in total. The van der Waals surface area contributed by atoms with Crippen LogP contribution >= 0.6 is 0 Å². The zero-order valence-electron chi connectivity index (χ0n) is 11.5. The van der Waals surface area contributed by atoms with E-state index in [0.29, 0.717) is 11.8 Å². The first-order valence-electron chi connectivity index (χ1n) is 6.29. The number of amides is 1. The highest BCUT2D eigenvalue weighted by Gasteiger charge is 2.39. The topological polar surface area (TPSA) is 99.1 Å². The first-order chi connectivity index (χ1) is 8.69. The number of nitrogens with zero attached hydrogens (tertiary/aromatic N) is 1. The molecule has 2 fully saturated rings. The van der Waals surface area contributed by atoms with Crippen LogP contribution in [-0.4, -0.2) is 59.1 Å². The first kappa shape index (κ1) is 15.6. The second-order valence-electron chi connectivity index (χ2n) is 5.85. The standard InChI is InChI=1S/C11H20N2O2.CH2O3/c1-11(2,3)15-10(14)13-6-8-4-12-5-9(8)7-13;2-1(3)4/h8-9,12H,4-7H2,1-3H3;(H2,2,3,4). The monoisotopic (exact) mass is 274 g/mol. The van der Waals surface area contributed by atoms with Gasteiger partial charge in [-0.1, -0.05) is 0 Å². The SMILES string of the molecule is CC(C)(C)OC(=O)N1CC2CNCC2C1.O=C(O)O. The van der Waals surface area contributed by atoms with Gasteiger partial charge in [0.05, 0.1) is 0 Å². The maximum atomic E-state index is 11.8. The molecule has 0 aromatic carbocycles. The first-order valence-corrected chi connectivity index (χ1v) is 6.29. The highest BCUT2D eigenvalue weighted by Crippen LogP contribution is 2.27. The zero-order chi connectivity index (χ0) is 14.6. The summed E-state index contributed by atoms with van der Waals surface area (Å²) in [5.41, 5.74) is -0.382. The fourth-order valence-corrected chi connectivity index (χ4v) is 2.33. The Bertz CT molecular complexity index is 324. The summed E-state index contributed by atoms with van der Waals surface area (Å²) in [7, 11) is 0. The Hall–Kier alpha value is -1.50. The van der Waals surface area contributed by atoms with Crippen LogP contribution in [-0.2, 0) is 4.74 Å². The normalized spacial score (nSPS) is 25.3. The van der Waals surface area contributed by atoms with Crippen LogP contribution in [0.4, 0.5) is 9.59 Å². The number of nitrogens with one attached hydrogen (secondary N) is 1. The Morgan fingerprint density at radius 3 is 1.95 bits per heavy atom. The number of hydrogen-bond donors (Lipinski definition) is 3. The van der Waals surface area contributed by atoms with Crippen LogP contribution in [0.2, 0.25) is 0 Å². The second-order valence-corrected chi connectivity index (χ2v) is 5.85. The number of carbonyl (C=O) groups excluding carboxylic acids is 1. The lowest BCUT2D eigenvalue weighted by molar-refractivity contribution is 0.0281. The molecule has 1 amide bonds. The molecule has 110 valence electrons. The molecular weight excluding hydrogens is 252 g/mol. The maximum absolute atomic E-state index is 11.8. The van der Waals surface area contributed by atoms with E-state index in [4.69, 9.17) is 19.7 Å². The van der Waals surface area contributed by atoms with E-state index in [1.165, 1.54) is 0 Å². The van der Waals surface area contributed by atoms with Gasteiger partial charge in [-0.3, -0.25) is 0 Å². The van der Waals surface area contributed by atoms with Crippen LogP contribution in [0, 0.1) is 11.8 Å². The fraction of sp³-hybridized carbons (Fsp3) is 0.833. The van der Waals surface area contributed by atoms with Crippen molar-refractivity contribution < 1.29 is 24.5 Å². The highest BCUT2D eigenvalue weighted by molar-refractivity contribution is 5.68. The van der Waals surface area contributed by atoms with Gasteiger partial charge >= 0.3 is 12.2 Å². The van der Waals surface area contributed by atoms with E-state index in [2.05, 4.69) is 5.32 Å². The van der Waals surface area contributed by atoms with E-state index in [1.807, 2.05) is 25.7 Å². The zero-order valence-corrected chi connectivity index (χ0v) is 11.5. The summed E-state index contributed by atoms with van der Waals surface area (Å²) < 4.78 is 5.35. The van der Waals surface area contributed by atoms with Crippen molar-refractivity contribution >= 4 is 12.2 Å². The second kappa shape index (κ2) is 6.10. The van der Waals surface area contributed by atoms with Crippen molar-refractivity contribution in [2.45, 2.75) is 26.4 Å². The fourth-order valence-electron chi connectivity index (χ4n) is 2.33. The molecule has 0 bridgehead atoms. The molecule has 2 aliphatic rings. The van der Waals surface area contributed by atoms with Gasteiger partial charge in [0.2, 0.25) is 0 Å². The van der Waals surface area contributed by atoms with Gasteiger partial charge < -0.3 is 25.2 Å². The Kier molecular flexibility index (Phi) is 4.99. The molecule has 2 aliphatic heterocycles. The lowest BCUT2D eigenvalue weighted by atomic mass is 10.0. The van der Waals surface area contributed by atoms with Gasteiger partial charge in [-0.15, -0.1) is 0 Å². The van der Waals surface area contributed by atoms with Crippen molar-refractivity contribution in [3.8, 4) is 0 Å². The van der Waals surface area contributed by atoms with E-state index in [1.54, 1.807) is 0 Å². The summed E-state index contributed by atoms with van der Waals surface area (Å²) >= 11 is 0. The molecular formula is C12H22N2O5. The van der Waals surface area contributed by atoms with Gasteiger partial charge in [0, 0.05) is 26.2 Å². The largest absolute Gasteiger partial charge is 0.503 e. The highest BCUT2D eigenvalue weighted by atomic mass is 16.6. The number of rotatable bonds is 0. The molecule has 2 saturated heterocycles. The quantitative estimate of drug-likeness (QED) is 0.615. The Morgan fingerprint density at radius 2 is 1.58 bits per heavy atom. The summed E-state index contributed by atoms with van der Waals surface area (Å²) in [6.45, 7) is 9.52. The molecule has 2 unspecified atom stereocenters. The van der Waals surface area contributed by atoms with Crippen molar-refractivity contribution in [3.05, 3.63) is 0 Å². The lowest BCUT2D eigenvalue weighted by Crippen LogP contribution is -2.36.